The van der Waals surface area contributed by atoms with Crippen molar-refractivity contribution in [3.63, 3.8) is 0 Å². The number of nitrogens with one attached hydrogen (secondary N) is 4. The summed E-state index contributed by atoms with van der Waals surface area (Å²) in [6.07, 6.45) is 2.82. The zero-order valence-electron chi connectivity index (χ0n) is 23.5. The minimum Gasteiger partial charge on any atom is -0.481 e. The van der Waals surface area contributed by atoms with E-state index >= 15 is 0 Å². The molecular formula is C28H42N6O7. The first kappa shape index (κ1) is 33.2. The van der Waals surface area contributed by atoms with Crippen LogP contribution in [0, 0.1) is 5.92 Å². The number of carbonyl (C=O) groups excluding carboxylic acids is 3. The second kappa shape index (κ2) is 16.3. The fraction of sp³-hybridized carbons (Fsp3) is 0.536. The first-order valence-electron chi connectivity index (χ1n) is 13.8. The quantitative estimate of drug-likeness (QED) is 0.116. The Labute approximate surface area is 238 Å². The summed E-state index contributed by atoms with van der Waals surface area (Å²) in [4.78, 5) is 65.4. The number of aliphatic carboxylic acids is 2. The first-order chi connectivity index (χ1) is 19.4. The van der Waals surface area contributed by atoms with Crippen molar-refractivity contribution in [2.24, 2.45) is 17.4 Å². The number of para-hydroxylation sites is 1. The van der Waals surface area contributed by atoms with Crippen LogP contribution in [-0.2, 0) is 30.4 Å². The fourth-order valence-electron chi connectivity index (χ4n) is 4.42. The molecule has 226 valence electrons. The maximum Gasteiger partial charge on any atom is 0.326 e. The Morgan fingerprint density at radius 2 is 1.51 bits per heavy atom. The highest BCUT2D eigenvalue weighted by atomic mass is 16.4. The number of nitrogens with two attached hydrogens (primary N) is 2. The van der Waals surface area contributed by atoms with E-state index in [0.29, 0.717) is 19.4 Å². The van der Waals surface area contributed by atoms with Crippen molar-refractivity contribution < 1.29 is 34.2 Å². The molecule has 0 aliphatic rings. The Balaban J connectivity index is 2.30. The Kier molecular flexibility index (Phi) is 13.2. The van der Waals surface area contributed by atoms with Gasteiger partial charge in [-0.1, -0.05) is 32.0 Å². The number of amides is 3. The average Bonchev–Trinajstić information content (AvgIpc) is 3.32. The summed E-state index contributed by atoms with van der Waals surface area (Å²) in [6.45, 7) is 4.05. The molecule has 2 aromatic rings. The number of carbonyl (C=O) groups is 5. The predicted molar refractivity (Wildman–Crippen MR) is 153 cm³/mol. The van der Waals surface area contributed by atoms with Gasteiger partial charge < -0.3 is 42.6 Å². The normalized spacial score (nSPS) is 14.2. The lowest BCUT2D eigenvalue weighted by Crippen LogP contribution is -2.57. The van der Waals surface area contributed by atoms with Gasteiger partial charge in [-0.15, -0.1) is 0 Å². The predicted octanol–water partition coefficient (Wildman–Crippen LogP) is 0.617. The number of H-pyrrole nitrogens is 1. The lowest BCUT2D eigenvalue weighted by Gasteiger charge is -2.25. The van der Waals surface area contributed by atoms with E-state index in [1.54, 1.807) is 6.20 Å². The highest BCUT2D eigenvalue weighted by molar-refractivity contribution is 5.95. The molecule has 0 fully saturated rings. The van der Waals surface area contributed by atoms with Gasteiger partial charge >= 0.3 is 11.9 Å². The van der Waals surface area contributed by atoms with Gasteiger partial charge in [-0.2, -0.15) is 0 Å². The topological polar surface area (TPSA) is 230 Å². The van der Waals surface area contributed by atoms with E-state index in [2.05, 4.69) is 20.9 Å². The molecule has 2 rings (SSSR count). The highest BCUT2D eigenvalue weighted by Gasteiger charge is 2.31. The molecule has 0 bridgehead atoms. The average molecular weight is 575 g/mol. The van der Waals surface area contributed by atoms with Gasteiger partial charge in [0.2, 0.25) is 17.7 Å². The van der Waals surface area contributed by atoms with Crippen molar-refractivity contribution in [2.45, 2.75) is 83.0 Å². The SMILES string of the molecule is CC(C)CC(NC(=O)C(Cc1c[nH]c2ccccc12)NC(=O)C(CCCCN)NC(=O)C(N)CCC(=O)O)C(=O)O. The number of rotatable bonds is 18. The van der Waals surface area contributed by atoms with Crippen LogP contribution in [0.2, 0.25) is 0 Å². The maximum absolute atomic E-state index is 13.5. The molecule has 13 nitrogen and oxygen atoms in total. The van der Waals surface area contributed by atoms with E-state index in [1.165, 1.54) is 0 Å². The number of hydrogen-bond acceptors (Lipinski definition) is 7. The van der Waals surface area contributed by atoms with Gasteiger partial charge in [0.05, 0.1) is 6.04 Å². The van der Waals surface area contributed by atoms with E-state index < -0.39 is 53.8 Å². The number of fused-ring (bicyclic) bond motifs is 1. The summed E-state index contributed by atoms with van der Waals surface area (Å²) in [5, 5.41) is 27.2. The van der Waals surface area contributed by atoms with Crippen LogP contribution in [0.3, 0.4) is 0 Å². The molecule has 0 saturated carbocycles. The minimum absolute atomic E-state index is 0.00877. The molecular weight excluding hydrogens is 532 g/mol. The number of hydrogen-bond donors (Lipinski definition) is 8. The minimum atomic E-state index is -1.19. The smallest absolute Gasteiger partial charge is 0.326 e. The summed E-state index contributed by atoms with van der Waals surface area (Å²) < 4.78 is 0. The van der Waals surface area contributed by atoms with Gasteiger partial charge in [0, 0.05) is 29.9 Å². The van der Waals surface area contributed by atoms with Crippen molar-refractivity contribution in [3.05, 3.63) is 36.0 Å². The number of benzene rings is 1. The van der Waals surface area contributed by atoms with E-state index in [4.69, 9.17) is 16.6 Å². The van der Waals surface area contributed by atoms with E-state index in [0.717, 1.165) is 16.5 Å². The van der Waals surface area contributed by atoms with Gasteiger partial charge in [0.25, 0.3) is 0 Å². The van der Waals surface area contributed by atoms with Gasteiger partial charge in [-0.3, -0.25) is 19.2 Å². The molecule has 3 amide bonds. The molecule has 1 aromatic heterocycles. The largest absolute Gasteiger partial charge is 0.481 e. The Bertz CT molecular complexity index is 1200. The van der Waals surface area contributed by atoms with E-state index in [-0.39, 0.29) is 38.0 Å². The monoisotopic (exact) mass is 574 g/mol. The summed E-state index contributed by atoms with van der Waals surface area (Å²) in [5.74, 6) is -4.33. The van der Waals surface area contributed by atoms with Gasteiger partial charge in [0.15, 0.2) is 0 Å². The van der Waals surface area contributed by atoms with Gasteiger partial charge in [-0.05, 0) is 56.2 Å². The molecule has 4 atom stereocenters. The van der Waals surface area contributed by atoms with Crippen molar-refractivity contribution in [2.75, 3.05) is 6.54 Å². The Morgan fingerprint density at radius 1 is 0.878 bits per heavy atom. The van der Waals surface area contributed by atoms with Crippen LogP contribution in [0.25, 0.3) is 10.9 Å². The van der Waals surface area contributed by atoms with Crippen molar-refractivity contribution in [1.29, 1.82) is 0 Å². The second-order valence-electron chi connectivity index (χ2n) is 10.5. The third-order valence-corrected chi connectivity index (χ3v) is 6.64. The molecule has 4 unspecified atom stereocenters. The van der Waals surface area contributed by atoms with E-state index in [9.17, 15) is 29.1 Å². The van der Waals surface area contributed by atoms with Crippen LogP contribution in [0.1, 0.15) is 57.9 Å². The zero-order chi connectivity index (χ0) is 30.5. The molecule has 0 radical (unpaired) electrons. The highest BCUT2D eigenvalue weighted by Crippen LogP contribution is 2.19. The maximum atomic E-state index is 13.5. The van der Waals surface area contributed by atoms with Gasteiger partial charge in [-0.25, -0.2) is 4.79 Å². The second-order valence-corrected chi connectivity index (χ2v) is 10.5. The molecule has 41 heavy (non-hydrogen) atoms. The molecule has 13 heteroatoms. The summed E-state index contributed by atoms with van der Waals surface area (Å²) >= 11 is 0. The molecule has 0 spiro atoms. The number of carboxylic acids is 2. The lowest BCUT2D eigenvalue weighted by molar-refractivity contribution is -0.143. The number of aromatic nitrogens is 1. The lowest BCUT2D eigenvalue weighted by atomic mass is 10.0. The van der Waals surface area contributed by atoms with Crippen LogP contribution in [0.4, 0.5) is 0 Å². The molecule has 0 saturated heterocycles. The van der Waals surface area contributed by atoms with Crippen LogP contribution in [0.15, 0.2) is 30.5 Å². The molecule has 1 heterocycles. The van der Waals surface area contributed by atoms with Crippen molar-refractivity contribution >= 4 is 40.6 Å². The van der Waals surface area contributed by atoms with E-state index in [1.807, 2.05) is 38.1 Å². The third-order valence-electron chi connectivity index (χ3n) is 6.64. The van der Waals surface area contributed by atoms with Crippen LogP contribution < -0.4 is 27.4 Å². The molecule has 0 aliphatic heterocycles. The zero-order valence-corrected chi connectivity index (χ0v) is 23.5. The van der Waals surface area contributed by atoms with Crippen LogP contribution in [-0.4, -0.2) is 75.6 Å². The summed E-state index contributed by atoms with van der Waals surface area (Å²) in [7, 11) is 0. The summed E-state index contributed by atoms with van der Waals surface area (Å²) in [5.41, 5.74) is 13.0. The third kappa shape index (κ3) is 10.8. The fourth-order valence-corrected chi connectivity index (χ4v) is 4.42. The van der Waals surface area contributed by atoms with Gasteiger partial charge in [0.1, 0.15) is 18.1 Å². The van der Waals surface area contributed by atoms with Crippen LogP contribution in [0.5, 0.6) is 0 Å². The molecule has 10 N–H and O–H groups in total. The number of carboxylic acid groups (broad SMARTS) is 2. The first-order valence-corrected chi connectivity index (χ1v) is 13.8. The number of aromatic amines is 1. The number of unbranched alkanes of at least 4 members (excludes halogenated alkanes) is 1. The Morgan fingerprint density at radius 3 is 2.15 bits per heavy atom. The van der Waals surface area contributed by atoms with Crippen molar-refractivity contribution in [3.8, 4) is 0 Å². The summed E-state index contributed by atoms with van der Waals surface area (Å²) in [6, 6.07) is 2.89. The standard InChI is InChI=1S/C28H42N6O7/c1-16(2)13-23(28(40)41)34-27(39)22(14-17-15-31-20-8-4-3-7-18(17)20)33-26(38)21(9-5-6-12-29)32-25(37)19(30)10-11-24(35)36/h3-4,7-8,15-16,19,21-23,31H,5-6,9-14,29-30H2,1-2H3,(H,32,37)(H,33,38)(H,34,39)(H,35,36)(H,40,41). The van der Waals surface area contributed by atoms with Crippen molar-refractivity contribution in [1.82, 2.24) is 20.9 Å². The Hall–Kier alpha value is -3.97. The molecule has 0 aliphatic carbocycles. The molecule has 1 aromatic carbocycles. The van der Waals surface area contributed by atoms with Crippen LogP contribution >= 0.6 is 0 Å².